The van der Waals surface area contributed by atoms with E-state index in [2.05, 4.69) is 16.0 Å². The third kappa shape index (κ3) is 3.62. The van der Waals surface area contributed by atoms with Crippen LogP contribution in [0.25, 0.3) is 10.9 Å². The predicted octanol–water partition coefficient (Wildman–Crippen LogP) is 4.82. The van der Waals surface area contributed by atoms with Crippen molar-refractivity contribution in [3.05, 3.63) is 95.2 Å². The number of hydrogen-bond acceptors (Lipinski definition) is 3. The topological polar surface area (TPSA) is 58.2 Å². The molecule has 0 fully saturated rings. The van der Waals surface area contributed by atoms with Gasteiger partial charge in [0.15, 0.2) is 0 Å². The summed E-state index contributed by atoms with van der Waals surface area (Å²) in [5.74, 6) is 0.0514. The fourth-order valence-electron chi connectivity index (χ4n) is 4.61. The van der Waals surface area contributed by atoms with Gasteiger partial charge in [0.1, 0.15) is 17.6 Å². The molecular formula is C26H24FN3O2. The number of methoxy groups -OCH3 is 1. The molecule has 5 nitrogen and oxygen atoms in total. The molecule has 162 valence electrons. The molecule has 1 atom stereocenters. The largest absolute Gasteiger partial charge is 0.497 e. The molecule has 3 heterocycles. The van der Waals surface area contributed by atoms with Crippen molar-refractivity contribution in [2.24, 2.45) is 0 Å². The number of aromatic amines is 1. The highest BCUT2D eigenvalue weighted by atomic mass is 19.1. The number of amides is 1. The van der Waals surface area contributed by atoms with Gasteiger partial charge in [0, 0.05) is 53.1 Å². The minimum atomic E-state index is -0.520. The Morgan fingerprint density at radius 2 is 2.03 bits per heavy atom. The highest BCUT2D eigenvalue weighted by molar-refractivity contribution is 5.86. The van der Waals surface area contributed by atoms with Gasteiger partial charge in [-0.2, -0.15) is 0 Å². The molecule has 1 aliphatic rings. The van der Waals surface area contributed by atoms with Crippen LogP contribution in [0.5, 0.6) is 5.75 Å². The molecule has 5 rings (SSSR count). The average Bonchev–Trinajstić information content (AvgIpc) is 3.21. The zero-order valence-corrected chi connectivity index (χ0v) is 17.8. The van der Waals surface area contributed by atoms with Crippen LogP contribution in [0.15, 0.2) is 66.9 Å². The zero-order chi connectivity index (χ0) is 22.1. The Kier molecular flexibility index (Phi) is 5.35. The summed E-state index contributed by atoms with van der Waals surface area (Å²) in [6.45, 7) is 0.534. The van der Waals surface area contributed by atoms with Crippen molar-refractivity contribution >= 4 is 16.8 Å². The predicted molar refractivity (Wildman–Crippen MR) is 121 cm³/mol. The van der Waals surface area contributed by atoms with Crippen LogP contribution in [-0.4, -0.2) is 34.4 Å². The van der Waals surface area contributed by atoms with E-state index in [-0.39, 0.29) is 11.7 Å². The zero-order valence-electron chi connectivity index (χ0n) is 17.8. The molecule has 4 aromatic rings. The van der Waals surface area contributed by atoms with Crippen LogP contribution in [0.1, 0.15) is 35.0 Å². The first-order valence-corrected chi connectivity index (χ1v) is 10.8. The molecule has 0 bridgehead atoms. The molecule has 1 aliphatic heterocycles. The van der Waals surface area contributed by atoms with Gasteiger partial charge in [-0.05, 0) is 48.7 Å². The molecule has 6 heteroatoms. The van der Waals surface area contributed by atoms with E-state index in [9.17, 15) is 4.79 Å². The summed E-state index contributed by atoms with van der Waals surface area (Å²) in [7, 11) is 1.51. The van der Waals surface area contributed by atoms with Crippen molar-refractivity contribution in [1.82, 2.24) is 14.9 Å². The van der Waals surface area contributed by atoms with Gasteiger partial charge >= 0.3 is 0 Å². The number of aryl methyl sites for hydroxylation is 1. The van der Waals surface area contributed by atoms with E-state index in [1.54, 1.807) is 23.2 Å². The monoisotopic (exact) mass is 429 g/mol. The molecule has 0 saturated carbocycles. The maximum absolute atomic E-state index is 15.2. The van der Waals surface area contributed by atoms with Crippen LogP contribution in [0, 0.1) is 5.82 Å². The van der Waals surface area contributed by atoms with Gasteiger partial charge in [-0.15, -0.1) is 0 Å². The van der Waals surface area contributed by atoms with Crippen LogP contribution in [0.2, 0.25) is 0 Å². The van der Waals surface area contributed by atoms with Crippen LogP contribution >= 0.6 is 0 Å². The number of ether oxygens (including phenoxy) is 1. The normalized spacial score (nSPS) is 15.6. The SMILES string of the molecule is COc1ccc([C@H]2c3[nH]c4ccccc4c3CCN2C(=O)CCc2ccccn2)c(F)c1. The first-order chi connectivity index (χ1) is 15.7. The minimum absolute atomic E-state index is 0.0137. The molecule has 0 unspecified atom stereocenters. The number of rotatable bonds is 5. The van der Waals surface area contributed by atoms with Gasteiger partial charge in [0.25, 0.3) is 0 Å². The van der Waals surface area contributed by atoms with E-state index in [1.807, 2.05) is 36.4 Å². The van der Waals surface area contributed by atoms with Crippen LogP contribution in [0.4, 0.5) is 4.39 Å². The van der Waals surface area contributed by atoms with E-state index in [0.29, 0.717) is 30.7 Å². The molecule has 2 aromatic heterocycles. The standard InChI is InChI=1S/C26H24FN3O2/c1-32-18-10-11-21(22(27)16-18)26-25-20(19-7-2-3-8-23(19)29-25)13-15-30(26)24(31)12-9-17-6-4-5-14-28-17/h2-8,10-11,14,16,26,29H,9,12-13,15H2,1H3/t26-/m0/s1. The van der Waals surface area contributed by atoms with Crippen molar-refractivity contribution in [1.29, 1.82) is 0 Å². The van der Waals surface area contributed by atoms with Gasteiger partial charge in [-0.1, -0.05) is 24.3 Å². The summed E-state index contributed by atoms with van der Waals surface area (Å²) < 4.78 is 20.4. The third-order valence-electron chi connectivity index (χ3n) is 6.18. The van der Waals surface area contributed by atoms with E-state index in [4.69, 9.17) is 4.74 Å². The van der Waals surface area contributed by atoms with Gasteiger partial charge in [0.2, 0.25) is 5.91 Å². The highest BCUT2D eigenvalue weighted by Gasteiger charge is 2.35. The van der Waals surface area contributed by atoms with Crippen LogP contribution in [-0.2, 0) is 17.6 Å². The maximum Gasteiger partial charge on any atom is 0.223 e. The highest BCUT2D eigenvalue weighted by Crippen LogP contribution is 2.40. The smallest absolute Gasteiger partial charge is 0.223 e. The first kappa shape index (κ1) is 20.2. The second kappa shape index (κ2) is 8.46. The average molecular weight is 429 g/mol. The molecule has 1 N–H and O–H groups in total. The second-order valence-electron chi connectivity index (χ2n) is 8.01. The maximum atomic E-state index is 15.2. The number of benzene rings is 2. The molecule has 0 spiro atoms. The number of pyridine rings is 1. The quantitative estimate of drug-likeness (QED) is 0.495. The molecule has 1 amide bonds. The number of nitrogens with one attached hydrogen (secondary N) is 1. The summed E-state index contributed by atoms with van der Waals surface area (Å²) in [4.78, 5) is 22.9. The van der Waals surface area contributed by atoms with Crippen molar-refractivity contribution in [3.63, 3.8) is 0 Å². The van der Waals surface area contributed by atoms with Gasteiger partial charge < -0.3 is 14.6 Å². The number of hydrogen-bond donors (Lipinski definition) is 1. The van der Waals surface area contributed by atoms with Gasteiger partial charge in [0.05, 0.1) is 7.11 Å². The third-order valence-corrected chi connectivity index (χ3v) is 6.18. The summed E-state index contributed by atoms with van der Waals surface area (Å²) in [5, 5.41) is 1.13. The number of halogens is 1. The van der Waals surface area contributed by atoms with E-state index in [0.717, 1.165) is 34.3 Å². The molecule has 0 saturated heterocycles. The second-order valence-corrected chi connectivity index (χ2v) is 8.01. The lowest BCUT2D eigenvalue weighted by atomic mass is 9.91. The Morgan fingerprint density at radius 3 is 2.81 bits per heavy atom. The summed E-state index contributed by atoms with van der Waals surface area (Å²) in [6, 6.07) is 18.1. The summed E-state index contributed by atoms with van der Waals surface area (Å²) >= 11 is 0. The Labute approximate surface area is 185 Å². The number of carbonyl (C=O) groups excluding carboxylic acids is 1. The number of H-pyrrole nitrogens is 1. The fourth-order valence-corrected chi connectivity index (χ4v) is 4.61. The molecule has 32 heavy (non-hydrogen) atoms. The lowest BCUT2D eigenvalue weighted by Crippen LogP contribution is -2.41. The lowest BCUT2D eigenvalue weighted by Gasteiger charge is -2.36. The van der Waals surface area contributed by atoms with Gasteiger partial charge in [-0.3, -0.25) is 9.78 Å². The fraction of sp³-hybridized carbons (Fsp3) is 0.231. The lowest BCUT2D eigenvalue weighted by molar-refractivity contribution is -0.133. The molecule has 0 radical (unpaired) electrons. The Bertz CT molecular complexity index is 1270. The Hall–Kier alpha value is -3.67. The molecule has 2 aromatic carbocycles. The van der Waals surface area contributed by atoms with Crippen LogP contribution < -0.4 is 4.74 Å². The van der Waals surface area contributed by atoms with E-state index in [1.165, 1.54) is 13.2 Å². The summed E-state index contributed by atoms with van der Waals surface area (Å²) in [5.41, 5.74) is 4.36. The van der Waals surface area contributed by atoms with E-state index < -0.39 is 6.04 Å². The molecule has 0 aliphatic carbocycles. The number of aromatic nitrogens is 2. The van der Waals surface area contributed by atoms with Gasteiger partial charge in [-0.25, -0.2) is 4.39 Å². The number of para-hydroxylation sites is 1. The number of nitrogens with zero attached hydrogens (tertiary/aromatic N) is 2. The first-order valence-electron chi connectivity index (χ1n) is 10.8. The number of fused-ring (bicyclic) bond motifs is 3. The van der Waals surface area contributed by atoms with Crippen molar-refractivity contribution < 1.29 is 13.9 Å². The van der Waals surface area contributed by atoms with Crippen LogP contribution in [0.3, 0.4) is 0 Å². The molecular weight excluding hydrogens is 405 g/mol. The summed E-state index contributed by atoms with van der Waals surface area (Å²) in [6.07, 6.45) is 3.32. The minimum Gasteiger partial charge on any atom is -0.497 e. The van der Waals surface area contributed by atoms with E-state index >= 15 is 4.39 Å². The Balaban J connectivity index is 1.54. The Morgan fingerprint density at radius 1 is 1.19 bits per heavy atom. The number of carbonyl (C=O) groups is 1. The van der Waals surface area contributed by atoms with Crippen molar-refractivity contribution in [2.75, 3.05) is 13.7 Å². The van der Waals surface area contributed by atoms with Crippen molar-refractivity contribution in [2.45, 2.75) is 25.3 Å². The van der Waals surface area contributed by atoms with Crippen molar-refractivity contribution in [3.8, 4) is 5.75 Å².